The summed E-state index contributed by atoms with van der Waals surface area (Å²) in [6.07, 6.45) is 24.5. The zero-order valence-electron chi connectivity index (χ0n) is 73.4. The molecule has 670 valence electrons. The van der Waals surface area contributed by atoms with E-state index in [1.807, 2.05) is 210 Å². The van der Waals surface area contributed by atoms with E-state index in [9.17, 15) is 24.0 Å². The van der Waals surface area contributed by atoms with E-state index >= 15 is 0 Å². The number of anilines is 5. The third kappa shape index (κ3) is 18.9. The molecule has 0 bridgehead atoms. The molecule has 132 heavy (non-hydrogen) atoms. The number of hydrogen-bond donors (Lipinski definition) is 5. The molecule has 0 unspecified atom stereocenters. The standard InChI is InChI=1S/C21H23N3O3.C20H20N6O.C19H19ClN4O2.2C19H18N6O/c1-26-19-6-3-15(12-20(19)27-2)16-11-17-4-5-18(14-24(17)21(25)13-16)23-9-7-22-8-10-23;1-14-11-25-12-15(2-4-18(25)22-14)17-10-20(27)26-13-16(3-5-19(26)23-17)24-8-6-21-7-9-24;1-26-17-4-2-13(10-15(17)20)16-11-19(25)24-12-14(3-5-18(24)22-16)23-8-6-21-7-9-23;26-19-11-16(14-1-3-17-21-7-10-24(17)12-14)22-18-4-2-15(13-25(18)19)23-8-5-20-6-9-23;26-19-12-16(14-3-7-24-10-6-21-18(24)11-14)22-17-2-1-15(13-25(17)19)23-8-4-20-5-9-23/h3-6,11-14,22H,7-10H2,1-2H3;2-5,10-13,21H,6-9H2,1H3;2-5,10-12,21H,6-9H2,1H3;1-4,7,10-13,20H,5-6,8-9H2;1-3,6-7,10-13,20H,4-5,8-9H2. The molecule has 16 aromatic heterocycles. The van der Waals surface area contributed by atoms with Crippen molar-refractivity contribution >= 4 is 85.1 Å². The average Bonchev–Trinajstić information content (AvgIpc) is 1.05. The first kappa shape index (κ1) is 86.3. The van der Waals surface area contributed by atoms with E-state index in [1.54, 1.807) is 92.1 Å². The lowest BCUT2D eigenvalue weighted by atomic mass is 10.1. The Kier molecular flexibility index (Phi) is 25.3. The number of ether oxygens (including phenoxy) is 3. The Morgan fingerprint density at radius 3 is 1.09 bits per heavy atom. The van der Waals surface area contributed by atoms with Crippen LogP contribution in [0.15, 0.2) is 274 Å². The molecule has 5 aliphatic heterocycles. The van der Waals surface area contributed by atoms with Crippen LogP contribution in [0.1, 0.15) is 5.69 Å². The molecule has 21 heterocycles. The number of benzene rings is 2. The van der Waals surface area contributed by atoms with E-state index in [1.165, 1.54) is 6.07 Å². The smallest absolute Gasteiger partial charge is 0.258 e. The molecule has 5 saturated heterocycles. The van der Waals surface area contributed by atoms with Gasteiger partial charge in [0.15, 0.2) is 11.5 Å². The van der Waals surface area contributed by atoms with Gasteiger partial charge in [-0.2, -0.15) is 0 Å². The third-order valence-electron chi connectivity index (χ3n) is 24.2. The topological polar surface area (TPSA) is 315 Å². The van der Waals surface area contributed by atoms with Crippen molar-refractivity contribution < 1.29 is 14.2 Å². The molecule has 0 spiro atoms. The fraction of sp³-hybridized carbons (Fsp3) is 0.245. The number of piperazine rings is 5. The van der Waals surface area contributed by atoms with Crippen molar-refractivity contribution in [2.45, 2.75) is 6.92 Å². The Morgan fingerprint density at radius 2 is 0.644 bits per heavy atom. The molecule has 34 heteroatoms. The predicted molar refractivity (Wildman–Crippen MR) is 518 cm³/mol. The Bertz CT molecular complexity index is 7440. The van der Waals surface area contributed by atoms with E-state index < -0.39 is 0 Å². The number of aromatic nitrogens is 15. The quantitative estimate of drug-likeness (QED) is 0.0717. The van der Waals surface area contributed by atoms with E-state index in [2.05, 4.69) is 87.1 Å². The van der Waals surface area contributed by atoms with Gasteiger partial charge in [0, 0.05) is 270 Å². The minimum absolute atomic E-state index is 0.0470. The van der Waals surface area contributed by atoms with Gasteiger partial charge in [-0.3, -0.25) is 46.0 Å². The summed E-state index contributed by atoms with van der Waals surface area (Å²) < 4.78 is 29.8. The molecule has 5 N–H and O–H groups in total. The molecule has 0 saturated carbocycles. The van der Waals surface area contributed by atoms with Gasteiger partial charge in [0.2, 0.25) is 0 Å². The van der Waals surface area contributed by atoms with Gasteiger partial charge in [0.25, 0.3) is 27.8 Å². The van der Waals surface area contributed by atoms with Crippen molar-refractivity contribution in [3.8, 4) is 73.4 Å². The Balaban J connectivity index is 0.000000107. The predicted octanol–water partition coefficient (Wildman–Crippen LogP) is 9.39. The van der Waals surface area contributed by atoms with Crippen LogP contribution < -0.4 is 93.1 Å². The summed E-state index contributed by atoms with van der Waals surface area (Å²) >= 11 is 6.20. The molecular formula is C98H98ClN25O8. The molecule has 18 aromatic rings. The second kappa shape index (κ2) is 38.7. The Hall–Kier alpha value is -15.1. The first-order valence-electron chi connectivity index (χ1n) is 44.0. The van der Waals surface area contributed by atoms with Gasteiger partial charge >= 0.3 is 0 Å². The molecule has 2 aromatic carbocycles. The van der Waals surface area contributed by atoms with Crippen molar-refractivity contribution in [3.63, 3.8) is 0 Å². The van der Waals surface area contributed by atoms with Crippen molar-refractivity contribution in [2.75, 3.05) is 177 Å². The third-order valence-corrected chi connectivity index (χ3v) is 24.5. The molecule has 0 aliphatic carbocycles. The minimum Gasteiger partial charge on any atom is -0.495 e. The Morgan fingerprint density at radius 1 is 0.280 bits per heavy atom. The van der Waals surface area contributed by atoms with E-state index in [0.717, 1.165) is 221 Å². The van der Waals surface area contributed by atoms with Crippen molar-refractivity contribution in [1.29, 1.82) is 0 Å². The summed E-state index contributed by atoms with van der Waals surface area (Å²) in [5.41, 5.74) is 19.6. The number of halogens is 1. The highest BCUT2D eigenvalue weighted by molar-refractivity contribution is 6.32. The lowest BCUT2D eigenvalue weighted by molar-refractivity contribution is 0.355. The first-order valence-corrected chi connectivity index (χ1v) is 44.4. The lowest BCUT2D eigenvalue weighted by Gasteiger charge is -2.29. The summed E-state index contributed by atoms with van der Waals surface area (Å²) in [5.74, 6) is 1.90. The molecule has 5 fully saturated rings. The van der Waals surface area contributed by atoms with Gasteiger partial charge < -0.3 is 78.5 Å². The number of fused-ring (bicyclic) bond motifs is 8. The van der Waals surface area contributed by atoms with E-state index in [4.69, 9.17) is 30.8 Å². The van der Waals surface area contributed by atoms with Crippen LogP contribution in [-0.2, 0) is 0 Å². The molecule has 23 rings (SSSR count). The fourth-order valence-electron chi connectivity index (χ4n) is 17.1. The zero-order valence-corrected chi connectivity index (χ0v) is 74.2. The monoisotopic (exact) mass is 1790 g/mol. The molecule has 0 amide bonds. The number of nitrogens with zero attached hydrogens (tertiary/aromatic N) is 20. The fourth-order valence-corrected chi connectivity index (χ4v) is 17.4. The van der Waals surface area contributed by atoms with E-state index in [0.29, 0.717) is 67.6 Å². The molecule has 0 atom stereocenters. The van der Waals surface area contributed by atoms with Gasteiger partial charge in [0.05, 0.1) is 83.3 Å². The van der Waals surface area contributed by atoms with Crippen LogP contribution in [0.25, 0.3) is 101 Å². The van der Waals surface area contributed by atoms with Gasteiger partial charge in [-0.15, -0.1) is 0 Å². The van der Waals surface area contributed by atoms with Gasteiger partial charge in [0.1, 0.15) is 45.3 Å². The first-order chi connectivity index (χ1) is 64.6. The normalized spacial score (nSPS) is 14.8. The summed E-state index contributed by atoms with van der Waals surface area (Å²) in [6.45, 7) is 20.9. The maximum absolute atomic E-state index is 12.8. The summed E-state index contributed by atoms with van der Waals surface area (Å²) in [5, 5.41) is 17.2. The van der Waals surface area contributed by atoms with Gasteiger partial charge in [-0.1, -0.05) is 17.7 Å². The maximum Gasteiger partial charge on any atom is 0.258 e. The lowest BCUT2D eigenvalue weighted by Crippen LogP contribution is -2.43. The number of rotatable bonds is 13. The number of nitrogens with one attached hydrogen (secondary N) is 5. The van der Waals surface area contributed by atoms with E-state index in [-0.39, 0.29) is 27.8 Å². The average molecular weight is 1790 g/mol. The zero-order chi connectivity index (χ0) is 90.3. The highest BCUT2D eigenvalue weighted by atomic mass is 35.5. The van der Waals surface area contributed by atoms with Gasteiger partial charge in [-0.05, 0) is 152 Å². The van der Waals surface area contributed by atoms with Crippen LogP contribution in [0, 0.1) is 6.92 Å². The van der Waals surface area contributed by atoms with Crippen LogP contribution in [0.5, 0.6) is 17.2 Å². The highest BCUT2D eigenvalue weighted by Crippen LogP contribution is 2.35. The van der Waals surface area contributed by atoms with Crippen molar-refractivity contribution in [2.24, 2.45) is 0 Å². The summed E-state index contributed by atoms with van der Waals surface area (Å²) in [7, 11) is 4.78. The van der Waals surface area contributed by atoms with Crippen LogP contribution in [0.4, 0.5) is 28.4 Å². The number of aryl methyl sites for hydroxylation is 1. The molecular weight excluding hydrogens is 1690 g/mol. The Labute approximate surface area is 761 Å². The van der Waals surface area contributed by atoms with Crippen LogP contribution in [0.2, 0.25) is 5.02 Å². The maximum atomic E-state index is 12.8. The molecule has 33 nitrogen and oxygen atoms in total. The second-order valence-electron chi connectivity index (χ2n) is 32.5. The molecule has 0 radical (unpaired) electrons. The molecule has 5 aliphatic rings. The number of pyridine rings is 9. The SMILES string of the molecule is COc1ccc(-c2cc(=O)n3cc(N4CCNCC4)ccc3c2)cc1OC.COc1ccc(-c2cc(=O)n3cc(N4CCNCC4)ccc3n2)cc1Cl.Cc1cn2cc(-c3cc(=O)n4cc(N5CCNCC5)ccc4n3)ccc2n1.O=c1cc(-c2ccc3nccn3c2)nc2ccc(N3CCNCC3)cn12.O=c1cc(-c2ccn3ccnc3c2)nc2ccc(N3CCNCC3)cn12. The number of methoxy groups -OCH3 is 3. The number of hydrogen-bond acceptors (Lipinski definition) is 25. The van der Waals surface area contributed by atoms with Gasteiger partial charge in [-0.25, -0.2) is 34.9 Å². The second-order valence-corrected chi connectivity index (χ2v) is 32.9. The van der Waals surface area contributed by atoms with Crippen molar-refractivity contribution in [3.05, 3.63) is 313 Å². The van der Waals surface area contributed by atoms with Crippen LogP contribution >= 0.6 is 11.6 Å². The summed E-state index contributed by atoms with van der Waals surface area (Å²) in [6, 6.07) is 52.5. The van der Waals surface area contributed by atoms with Crippen molar-refractivity contribution in [1.82, 2.24) is 96.7 Å². The largest absolute Gasteiger partial charge is 0.495 e. The van der Waals surface area contributed by atoms with Crippen LogP contribution in [0.3, 0.4) is 0 Å². The number of imidazole rings is 3. The summed E-state index contributed by atoms with van der Waals surface area (Å²) in [4.78, 5) is 107. The highest BCUT2D eigenvalue weighted by Gasteiger charge is 2.21. The minimum atomic E-state index is -0.117. The van der Waals surface area contributed by atoms with Crippen LogP contribution in [-0.4, -0.2) is 222 Å².